The Labute approximate surface area is 174 Å². The lowest BCUT2D eigenvalue weighted by Gasteiger charge is -2.19. The van der Waals surface area contributed by atoms with Crippen molar-refractivity contribution in [2.24, 2.45) is 0 Å². The predicted octanol–water partition coefficient (Wildman–Crippen LogP) is 2.59. The molecular formula is C22H26FN3O4. The Kier molecular flexibility index (Phi) is 6.07. The zero-order valence-corrected chi connectivity index (χ0v) is 17.3. The number of anilines is 1. The zero-order valence-electron chi connectivity index (χ0n) is 17.3. The number of rotatable bonds is 6. The molecule has 0 saturated heterocycles. The first-order chi connectivity index (χ1) is 14.1. The van der Waals surface area contributed by atoms with Gasteiger partial charge in [-0.25, -0.2) is 4.39 Å². The minimum absolute atomic E-state index is 0.0671. The van der Waals surface area contributed by atoms with E-state index in [1.165, 1.54) is 38.1 Å². The van der Waals surface area contributed by atoms with Gasteiger partial charge in [0.05, 0.1) is 16.9 Å². The quantitative estimate of drug-likeness (QED) is 0.499. The van der Waals surface area contributed by atoms with Crippen molar-refractivity contribution in [3.63, 3.8) is 0 Å². The van der Waals surface area contributed by atoms with E-state index in [1.54, 1.807) is 11.5 Å². The number of nitrogens with zero attached hydrogens (tertiary/aromatic N) is 1. The smallest absolute Gasteiger partial charge is 0.294 e. The zero-order chi connectivity index (χ0) is 22.1. The molecular weight excluding hydrogens is 389 g/mol. The minimum Gasteiger partial charge on any atom is -0.389 e. The molecule has 0 bridgehead atoms. The third-order valence-corrected chi connectivity index (χ3v) is 5.03. The maximum Gasteiger partial charge on any atom is 0.294 e. The molecule has 30 heavy (non-hydrogen) atoms. The summed E-state index contributed by atoms with van der Waals surface area (Å²) in [6.45, 7) is 5.13. The molecule has 8 heteroatoms. The number of hydrogen-bond acceptors (Lipinski definition) is 4. The van der Waals surface area contributed by atoms with Crippen LogP contribution in [0.5, 0.6) is 0 Å². The molecule has 1 aromatic carbocycles. The number of carbonyl (C=O) groups is 3. The van der Waals surface area contributed by atoms with Crippen LogP contribution in [0.25, 0.3) is 0 Å². The van der Waals surface area contributed by atoms with Gasteiger partial charge in [0.1, 0.15) is 5.82 Å². The minimum atomic E-state index is -1.15. The first kappa shape index (κ1) is 21.7. The van der Waals surface area contributed by atoms with Crippen LogP contribution in [0.3, 0.4) is 0 Å². The summed E-state index contributed by atoms with van der Waals surface area (Å²) in [7, 11) is 0. The molecule has 0 radical (unpaired) electrons. The van der Waals surface area contributed by atoms with Gasteiger partial charge in [0.25, 0.3) is 17.6 Å². The molecule has 3 N–H and O–H groups in total. The Morgan fingerprint density at radius 2 is 1.93 bits per heavy atom. The van der Waals surface area contributed by atoms with Crippen molar-refractivity contribution in [1.29, 1.82) is 0 Å². The summed E-state index contributed by atoms with van der Waals surface area (Å²) in [5.74, 6) is -2.36. The van der Waals surface area contributed by atoms with Gasteiger partial charge in [-0.2, -0.15) is 0 Å². The second-order valence-electron chi connectivity index (χ2n) is 8.24. The molecule has 160 valence electrons. The number of fused-ring (bicyclic) bond motifs is 1. The third kappa shape index (κ3) is 4.76. The van der Waals surface area contributed by atoms with Crippen LogP contribution in [0.15, 0.2) is 24.3 Å². The highest BCUT2D eigenvalue weighted by molar-refractivity contribution is 6.42. The van der Waals surface area contributed by atoms with Crippen LogP contribution in [0.4, 0.5) is 10.1 Å². The largest absolute Gasteiger partial charge is 0.389 e. The number of benzene rings is 1. The van der Waals surface area contributed by atoms with Gasteiger partial charge in [-0.15, -0.1) is 0 Å². The van der Waals surface area contributed by atoms with Crippen LogP contribution in [-0.4, -0.2) is 39.4 Å². The molecule has 2 amide bonds. The first-order valence-electron chi connectivity index (χ1n) is 9.91. The molecule has 1 aliphatic rings. The van der Waals surface area contributed by atoms with Crippen molar-refractivity contribution >= 4 is 23.3 Å². The van der Waals surface area contributed by atoms with Crippen molar-refractivity contribution in [3.05, 3.63) is 52.6 Å². The highest BCUT2D eigenvalue weighted by Crippen LogP contribution is 2.25. The molecule has 2 heterocycles. The summed E-state index contributed by atoms with van der Waals surface area (Å²) in [6.07, 6.45) is 2.33. The normalized spacial score (nSPS) is 13.5. The predicted molar refractivity (Wildman–Crippen MR) is 110 cm³/mol. The second-order valence-corrected chi connectivity index (χ2v) is 8.24. The lowest BCUT2D eigenvalue weighted by molar-refractivity contribution is -0.118. The Hall–Kier alpha value is -3.00. The Balaban J connectivity index is 1.86. The van der Waals surface area contributed by atoms with Crippen molar-refractivity contribution in [2.45, 2.75) is 52.2 Å². The van der Waals surface area contributed by atoms with E-state index >= 15 is 0 Å². The van der Waals surface area contributed by atoms with Crippen LogP contribution in [0, 0.1) is 12.7 Å². The van der Waals surface area contributed by atoms with E-state index in [0.717, 1.165) is 12.8 Å². The average molecular weight is 415 g/mol. The van der Waals surface area contributed by atoms with E-state index in [1.807, 2.05) is 0 Å². The van der Waals surface area contributed by atoms with E-state index in [0.29, 0.717) is 35.5 Å². The maximum absolute atomic E-state index is 13.5. The fourth-order valence-electron chi connectivity index (χ4n) is 3.47. The molecule has 0 fully saturated rings. The first-order valence-corrected chi connectivity index (χ1v) is 9.91. The van der Waals surface area contributed by atoms with Crippen molar-refractivity contribution in [1.82, 2.24) is 9.88 Å². The molecule has 1 aromatic heterocycles. The number of halogens is 1. The fraction of sp³-hybridized carbons (Fsp3) is 0.409. The summed E-state index contributed by atoms with van der Waals surface area (Å²) in [6, 6.07) is 5.73. The average Bonchev–Trinajstić information content (AvgIpc) is 3.07. The maximum atomic E-state index is 13.5. The van der Waals surface area contributed by atoms with Gasteiger partial charge in [-0.3, -0.25) is 14.4 Å². The summed E-state index contributed by atoms with van der Waals surface area (Å²) < 4.78 is 15.2. The van der Waals surface area contributed by atoms with Crippen LogP contribution in [0.2, 0.25) is 0 Å². The van der Waals surface area contributed by atoms with Gasteiger partial charge in [0.2, 0.25) is 0 Å². The van der Waals surface area contributed by atoms with E-state index in [9.17, 15) is 23.9 Å². The molecule has 0 atom stereocenters. The number of hydrogen-bond donors (Lipinski definition) is 3. The van der Waals surface area contributed by atoms with Gasteiger partial charge in [0, 0.05) is 24.5 Å². The number of nitrogens with one attached hydrogen (secondary N) is 2. The van der Waals surface area contributed by atoms with Crippen LogP contribution < -0.4 is 10.6 Å². The standard InChI is InChI=1S/C22H26FN3O4/c1-13-10-14(7-8-16(13)23)25-20(28)15-11-18(26-9-5-4-6-17(15)26)19(27)21(29)24-12-22(2,3)30/h7-8,10-11,30H,4-6,9,12H2,1-3H3,(H,24,29)(H,25,28). The van der Waals surface area contributed by atoms with Crippen molar-refractivity contribution in [3.8, 4) is 0 Å². The topological polar surface area (TPSA) is 100 Å². The molecule has 0 aliphatic carbocycles. The number of Topliss-reactive ketones (excluding diaryl/α,β-unsaturated/α-hetero) is 1. The monoisotopic (exact) mass is 415 g/mol. The number of ketones is 1. The molecule has 0 spiro atoms. The van der Waals surface area contributed by atoms with Gasteiger partial charge >= 0.3 is 0 Å². The lowest BCUT2D eigenvalue weighted by Crippen LogP contribution is -2.41. The second kappa shape index (κ2) is 8.39. The molecule has 0 unspecified atom stereocenters. The van der Waals surface area contributed by atoms with Gasteiger partial charge < -0.3 is 20.3 Å². The number of carbonyl (C=O) groups excluding carboxylic acids is 3. The van der Waals surface area contributed by atoms with E-state index in [2.05, 4.69) is 10.6 Å². The van der Waals surface area contributed by atoms with Gasteiger partial charge in [0.15, 0.2) is 0 Å². The van der Waals surface area contributed by atoms with Crippen molar-refractivity contribution in [2.75, 3.05) is 11.9 Å². The Morgan fingerprint density at radius 3 is 2.60 bits per heavy atom. The summed E-state index contributed by atoms with van der Waals surface area (Å²) in [5, 5.41) is 14.9. The van der Waals surface area contributed by atoms with Gasteiger partial charge in [-0.1, -0.05) is 0 Å². The fourth-order valence-corrected chi connectivity index (χ4v) is 3.47. The molecule has 7 nitrogen and oxygen atoms in total. The molecule has 2 aromatic rings. The van der Waals surface area contributed by atoms with Gasteiger partial charge in [-0.05, 0) is 69.9 Å². The van der Waals surface area contributed by atoms with Crippen molar-refractivity contribution < 1.29 is 23.9 Å². The van der Waals surface area contributed by atoms with E-state index < -0.39 is 23.2 Å². The van der Waals surface area contributed by atoms with E-state index in [4.69, 9.17) is 0 Å². The number of aryl methyl sites for hydroxylation is 1. The molecule has 3 rings (SSSR count). The van der Waals surface area contributed by atoms with Crippen LogP contribution in [-0.2, 0) is 17.8 Å². The number of amides is 2. The van der Waals surface area contributed by atoms with Crippen LogP contribution in [0.1, 0.15) is 58.8 Å². The number of aliphatic hydroxyl groups is 1. The van der Waals surface area contributed by atoms with E-state index in [-0.39, 0.29) is 18.1 Å². The third-order valence-electron chi connectivity index (χ3n) is 5.03. The Morgan fingerprint density at radius 1 is 1.20 bits per heavy atom. The highest BCUT2D eigenvalue weighted by atomic mass is 19.1. The highest BCUT2D eigenvalue weighted by Gasteiger charge is 2.29. The summed E-state index contributed by atoms with van der Waals surface area (Å²) in [5.41, 5.74) is 0.897. The summed E-state index contributed by atoms with van der Waals surface area (Å²) >= 11 is 0. The molecule has 0 saturated carbocycles. The lowest BCUT2D eigenvalue weighted by atomic mass is 10.1. The SMILES string of the molecule is Cc1cc(NC(=O)c2cc(C(=O)C(=O)NCC(C)(C)O)n3c2CCCC3)ccc1F. The Bertz CT molecular complexity index is 1000. The summed E-state index contributed by atoms with van der Waals surface area (Å²) in [4.78, 5) is 37.9. The van der Waals surface area contributed by atoms with Crippen LogP contribution >= 0.6 is 0 Å². The molecule has 1 aliphatic heterocycles. The number of aromatic nitrogens is 1.